The van der Waals surface area contributed by atoms with E-state index in [4.69, 9.17) is 4.42 Å². The number of fused-ring (bicyclic) bond motifs is 2. The molecule has 0 saturated heterocycles. The van der Waals surface area contributed by atoms with Gasteiger partial charge in [0.1, 0.15) is 11.3 Å². The normalized spacial score (nSPS) is 18.8. The van der Waals surface area contributed by atoms with Gasteiger partial charge in [0.05, 0.1) is 5.52 Å². The van der Waals surface area contributed by atoms with Crippen molar-refractivity contribution < 1.29 is 22.4 Å². The number of anilines is 1. The molecular formula is C26H24F3N3O2. The molecule has 4 aromatic rings. The molecule has 2 aromatic carbocycles. The topological polar surface area (TPSA) is 67.2 Å². The second-order valence-corrected chi connectivity index (χ2v) is 8.80. The molecule has 1 aliphatic rings. The number of nitrogens with one attached hydrogen (secondary N) is 2. The lowest BCUT2D eigenvalue weighted by Crippen LogP contribution is -2.41. The smallest absolute Gasteiger partial charge is 0.433 e. The quantitative estimate of drug-likeness (QED) is 0.361. The van der Waals surface area contributed by atoms with Gasteiger partial charge in [0.25, 0.3) is 5.91 Å². The summed E-state index contributed by atoms with van der Waals surface area (Å²) in [4.78, 5) is 16.7. The van der Waals surface area contributed by atoms with Crippen molar-refractivity contribution in [2.75, 3.05) is 5.32 Å². The summed E-state index contributed by atoms with van der Waals surface area (Å²) in [6.07, 6.45) is -1.49. The van der Waals surface area contributed by atoms with Gasteiger partial charge in [0, 0.05) is 34.1 Å². The Balaban J connectivity index is 1.33. The molecule has 2 aromatic heterocycles. The summed E-state index contributed by atoms with van der Waals surface area (Å²) in [6, 6.07) is 15.2. The van der Waals surface area contributed by atoms with E-state index in [0.717, 1.165) is 36.3 Å². The van der Waals surface area contributed by atoms with Gasteiger partial charge in [-0.3, -0.25) is 4.79 Å². The molecule has 0 aliphatic heterocycles. The lowest BCUT2D eigenvalue weighted by molar-refractivity contribution is -0.140. The lowest BCUT2D eigenvalue weighted by atomic mass is 9.90. The van der Waals surface area contributed by atoms with Crippen molar-refractivity contribution in [2.45, 2.75) is 50.9 Å². The van der Waals surface area contributed by atoms with Crippen LogP contribution >= 0.6 is 0 Å². The summed E-state index contributed by atoms with van der Waals surface area (Å²) in [5, 5.41) is 7.90. The highest BCUT2D eigenvalue weighted by Crippen LogP contribution is 2.34. The molecule has 0 spiro atoms. The van der Waals surface area contributed by atoms with Crippen LogP contribution in [0.5, 0.6) is 0 Å². The first-order chi connectivity index (χ1) is 16.3. The zero-order chi connectivity index (χ0) is 23.9. The summed E-state index contributed by atoms with van der Waals surface area (Å²) in [5.74, 6) is 0.0271. The Kier molecular flexibility index (Phi) is 5.67. The number of amides is 1. The Labute approximate surface area is 194 Å². The minimum atomic E-state index is -4.53. The number of nitrogens with zero attached hydrogens (tertiary/aromatic N) is 1. The van der Waals surface area contributed by atoms with Crippen LogP contribution in [0.15, 0.2) is 59.0 Å². The molecule has 1 saturated carbocycles. The molecule has 5 nitrogen and oxygen atoms in total. The van der Waals surface area contributed by atoms with Crippen LogP contribution in [-0.2, 0) is 6.18 Å². The van der Waals surface area contributed by atoms with Crippen LogP contribution in [-0.4, -0.2) is 23.0 Å². The summed E-state index contributed by atoms with van der Waals surface area (Å²) in [7, 11) is 0. The fraction of sp³-hybridized carbons (Fsp3) is 0.308. The van der Waals surface area contributed by atoms with E-state index in [1.807, 2.05) is 31.2 Å². The second kappa shape index (κ2) is 8.66. The Morgan fingerprint density at radius 1 is 1.03 bits per heavy atom. The van der Waals surface area contributed by atoms with E-state index < -0.39 is 11.9 Å². The number of furan rings is 1. The summed E-state index contributed by atoms with van der Waals surface area (Å²) >= 11 is 0. The summed E-state index contributed by atoms with van der Waals surface area (Å²) in [5.41, 5.74) is 1.23. The number of halogens is 3. The van der Waals surface area contributed by atoms with Gasteiger partial charge in [-0.1, -0.05) is 36.4 Å². The molecule has 176 valence electrons. The van der Waals surface area contributed by atoms with E-state index in [1.54, 1.807) is 24.3 Å². The predicted octanol–water partition coefficient (Wildman–Crippen LogP) is 6.46. The van der Waals surface area contributed by atoms with Crippen molar-refractivity contribution in [1.82, 2.24) is 10.3 Å². The number of benzene rings is 2. The molecule has 0 bridgehead atoms. The number of carbonyl (C=O) groups is 1. The van der Waals surface area contributed by atoms with Crippen molar-refractivity contribution in [3.05, 3.63) is 71.6 Å². The second-order valence-electron chi connectivity index (χ2n) is 8.80. The Hall–Kier alpha value is -3.55. The number of hydrogen-bond donors (Lipinski definition) is 2. The van der Waals surface area contributed by atoms with Gasteiger partial charge in [0.15, 0.2) is 5.76 Å². The SMILES string of the molecule is Cc1c(C(=O)N[C@@H]2CCC[C@H](Nc3cc(C(F)(F)F)nc4ccccc34)C2)oc2ccccc12. The van der Waals surface area contributed by atoms with Gasteiger partial charge in [-0.15, -0.1) is 0 Å². The first kappa shape index (κ1) is 22.3. The van der Waals surface area contributed by atoms with E-state index in [-0.39, 0.29) is 18.0 Å². The number of rotatable bonds is 4. The molecule has 34 heavy (non-hydrogen) atoms. The fourth-order valence-corrected chi connectivity index (χ4v) is 4.75. The molecule has 1 aliphatic carbocycles. The average Bonchev–Trinajstić information content (AvgIpc) is 3.15. The molecule has 0 radical (unpaired) electrons. The van der Waals surface area contributed by atoms with Crippen molar-refractivity contribution in [3.63, 3.8) is 0 Å². The van der Waals surface area contributed by atoms with Crippen LogP contribution in [0.4, 0.5) is 18.9 Å². The Bertz CT molecular complexity index is 1360. The number of hydrogen-bond acceptors (Lipinski definition) is 4. The Morgan fingerprint density at radius 3 is 2.50 bits per heavy atom. The van der Waals surface area contributed by atoms with E-state index in [0.29, 0.717) is 34.4 Å². The van der Waals surface area contributed by atoms with Gasteiger partial charge in [-0.05, 0) is 50.8 Å². The maximum atomic E-state index is 13.4. The van der Waals surface area contributed by atoms with Crippen LogP contribution in [0.25, 0.3) is 21.9 Å². The van der Waals surface area contributed by atoms with Gasteiger partial charge in [-0.2, -0.15) is 13.2 Å². The fourth-order valence-electron chi connectivity index (χ4n) is 4.75. The van der Waals surface area contributed by atoms with Crippen molar-refractivity contribution >= 4 is 33.5 Å². The zero-order valence-electron chi connectivity index (χ0n) is 18.6. The largest absolute Gasteiger partial charge is 0.451 e. The molecule has 1 fully saturated rings. The predicted molar refractivity (Wildman–Crippen MR) is 125 cm³/mol. The third-order valence-electron chi connectivity index (χ3n) is 6.43. The average molecular weight is 467 g/mol. The van der Waals surface area contributed by atoms with Crippen LogP contribution in [0.2, 0.25) is 0 Å². The monoisotopic (exact) mass is 467 g/mol. The van der Waals surface area contributed by atoms with Crippen LogP contribution < -0.4 is 10.6 Å². The molecule has 8 heteroatoms. The highest BCUT2D eigenvalue weighted by Gasteiger charge is 2.34. The third kappa shape index (κ3) is 4.32. The van der Waals surface area contributed by atoms with Crippen molar-refractivity contribution in [1.29, 1.82) is 0 Å². The standard InChI is InChI=1S/C26H24F3N3O2/c1-15-18-9-3-5-12-22(18)34-24(15)25(33)31-17-8-6-7-16(13-17)30-21-14-23(26(27,28)29)32-20-11-4-2-10-19(20)21/h2-5,9-12,14,16-17H,6-8,13H2,1H3,(H,30,32)(H,31,33)/t16-,17+/m0/s1. The lowest BCUT2D eigenvalue weighted by Gasteiger charge is -2.31. The van der Waals surface area contributed by atoms with Crippen LogP contribution in [0.3, 0.4) is 0 Å². The zero-order valence-corrected chi connectivity index (χ0v) is 18.6. The minimum absolute atomic E-state index is 0.0808. The first-order valence-electron chi connectivity index (χ1n) is 11.3. The van der Waals surface area contributed by atoms with Gasteiger partial charge in [-0.25, -0.2) is 4.98 Å². The van der Waals surface area contributed by atoms with Gasteiger partial charge in [0.2, 0.25) is 0 Å². The minimum Gasteiger partial charge on any atom is -0.451 e. The Morgan fingerprint density at radius 2 is 1.74 bits per heavy atom. The summed E-state index contributed by atoms with van der Waals surface area (Å²) in [6.45, 7) is 1.86. The number of aromatic nitrogens is 1. The molecule has 2 atom stereocenters. The van der Waals surface area contributed by atoms with E-state index in [2.05, 4.69) is 15.6 Å². The maximum Gasteiger partial charge on any atom is 0.433 e. The molecule has 1 amide bonds. The highest BCUT2D eigenvalue weighted by atomic mass is 19.4. The van der Waals surface area contributed by atoms with Gasteiger partial charge < -0.3 is 15.1 Å². The van der Waals surface area contributed by atoms with E-state index in [9.17, 15) is 18.0 Å². The van der Waals surface area contributed by atoms with E-state index >= 15 is 0 Å². The maximum absolute atomic E-state index is 13.4. The highest BCUT2D eigenvalue weighted by molar-refractivity contribution is 5.99. The number of aryl methyl sites for hydroxylation is 1. The van der Waals surface area contributed by atoms with Crippen LogP contribution in [0, 0.1) is 6.92 Å². The number of carbonyl (C=O) groups excluding carboxylic acids is 1. The van der Waals surface area contributed by atoms with Crippen molar-refractivity contribution in [3.8, 4) is 0 Å². The van der Waals surface area contributed by atoms with Gasteiger partial charge >= 0.3 is 6.18 Å². The van der Waals surface area contributed by atoms with Crippen LogP contribution in [0.1, 0.15) is 47.5 Å². The molecule has 5 rings (SSSR count). The number of para-hydroxylation sites is 2. The third-order valence-corrected chi connectivity index (χ3v) is 6.43. The van der Waals surface area contributed by atoms with Crippen molar-refractivity contribution in [2.24, 2.45) is 0 Å². The molecule has 0 unspecified atom stereocenters. The molecular weight excluding hydrogens is 443 g/mol. The number of pyridine rings is 1. The molecule has 2 heterocycles. The van der Waals surface area contributed by atoms with E-state index in [1.165, 1.54) is 0 Å². The first-order valence-corrected chi connectivity index (χ1v) is 11.3. The summed E-state index contributed by atoms with van der Waals surface area (Å²) < 4.78 is 46.0. The molecule has 2 N–H and O–H groups in total. The number of alkyl halides is 3.